The van der Waals surface area contributed by atoms with Crippen LogP contribution >= 0.6 is 0 Å². The molecule has 5 heteroatoms. The topological polar surface area (TPSA) is 70.5 Å². The molecule has 0 aliphatic rings. The molecule has 16 heavy (non-hydrogen) atoms. The Morgan fingerprint density at radius 3 is 2.88 bits per heavy atom. The van der Waals surface area contributed by atoms with Gasteiger partial charge >= 0.3 is 0 Å². The van der Waals surface area contributed by atoms with Gasteiger partial charge in [0.15, 0.2) is 0 Å². The summed E-state index contributed by atoms with van der Waals surface area (Å²) in [6, 6.07) is 6.65. The third kappa shape index (κ3) is 1.25. The average Bonchev–Trinajstić information content (AvgIpc) is 2.84. The van der Waals surface area contributed by atoms with Crippen LogP contribution in [-0.2, 0) is 0 Å². The van der Waals surface area contributed by atoms with Gasteiger partial charge in [-0.15, -0.1) is 0 Å². The largest absolute Gasteiger partial charge is 0.382 e. The molecule has 4 N–H and O–H groups in total. The van der Waals surface area contributed by atoms with Crippen molar-refractivity contribution in [3.8, 4) is 11.3 Å². The van der Waals surface area contributed by atoms with E-state index < -0.39 is 0 Å². The van der Waals surface area contributed by atoms with Crippen LogP contribution in [0.5, 0.6) is 0 Å². The van der Waals surface area contributed by atoms with Gasteiger partial charge in [0, 0.05) is 28.7 Å². The van der Waals surface area contributed by atoms with Crippen molar-refractivity contribution in [1.82, 2.24) is 15.2 Å². The van der Waals surface area contributed by atoms with E-state index in [4.69, 9.17) is 5.73 Å². The Hall–Kier alpha value is -2.30. The van der Waals surface area contributed by atoms with Crippen molar-refractivity contribution in [2.24, 2.45) is 0 Å². The first-order chi connectivity index (χ1) is 7.74. The maximum Gasteiger partial charge on any atom is 0.145 e. The molecule has 0 radical (unpaired) electrons. The summed E-state index contributed by atoms with van der Waals surface area (Å²) < 4.78 is 13.8. The van der Waals surface area contributed by atoms with Crippen molar-refractivity contribution in [1.29, 1.82) is 0 Å². The zero-order chi connectivity index (χ0) is 11.1. The average molecular weight is 216 g/mol. The third-order valence-corrected chi connectivity index (χ3v) is 2.53. The number of rotatable bonds is 1. The lowest BCUT2D eigenvalue weighted by molar-refractivity contribution is 0.632. The third-order valence-electron chi connectivity index (χ3n) is 2.53. The summed E-state index contributed by atoms with van der Waals surface area (Å²) in [5, 5.41) is 7.31. The van der Waals surface area contributed by atoms with Crippen molar-refractivity contribution in [2.45, 2.75) is 0 Å². The SMILES string of the molecule is Nc1cc(-c2cc3[nH]ccc3cc2F)[nH]n1. The summed E-state index contributed by atoms with van der Waals surface area (Å²) in [6.07, 6.45) is 1.77. The van der Waals surface area contributed by atoms with Crippen molar-refractivity contribution >= 4 is 16.7 Å². The lowest BCUT2D eigenvalue weighted by Gasteiger charge is -2.00. The molecule has 0 aliphatic carbocycles. The van der Waals surface area contributed by atoms with Gasteiger partial charge in [-0.2, -0.15) is 5.10 Å². The Labute approximate surface area is 90.3 Å². The number of nitrogens with two attached hydrogens (primary N) is 1. The molecule has 0 saturated carbocycles. The first kappa shape index (κ1) is 8.96. The summed E-state index contributed by atoms with van der Waals surface area (Å²) in [4.78, 5) is 3.03. The number of nitrogen functional groups attached to an aromatic ring is 1. The monoisotopic (exact) mass is 216 g/mol. The number of fused-ring (bicyclic) bond motifs is 1. The standard InChI is InChI=1S/C11H9FN4/c12-8-3-6-1-2-14-9(6)4-7(8)10-5-11(13)16-15-10/h1-5,14H,(H3,13,15,16). The van der Waals surface area contributed by atoms with E-state index in [2.05, 4.69) is 15.2 Å². The molecule has 0 amide bonds. The van der Waals surface area contributed by atoms with Crippen LogP contribution in [0.4, 0.5) is 10.2 Å². The van der Waals surface area contributed by atoms with Crippen LogP contribution in [0.15, 0.2) is 30.5 Å². The number of H-pyrrole nitrogens is 2. The molecule has 4 nitrogen and oxygen atoms in total. The number of aromatic nitrogens is 3. The second kappa shape index (κ2) is 3.10. The van der Waals surface area contributed by atoms with Crippen LogP contribution in [0.3, 0.4) is 0 Å². The van der Waals surface area contributed by atoms with Crippen molar-refractivity contribution in [3.63, 3.8) is 0 Å². The highest BCUT2D eigenvalue weighted by Gasteiger charge is 2.09. The minimum atomic E-state index is -0.296. The maximum atomic E-state index is 13.8. The number of nitrogens with zero attached hydrogens (tertiary/aromatic N) is 1. The van der Waals surface area contributed by atoms with Gasteiger partial charge in [-0.05, 0) is 18.2 Å². The van der Waals surface area contributed by atoms with Crippen LogP contribution in [-0.4, -0.2) is 15.2 Å². The Morgan fingerprint density at radius 2 is 2.12 bits per heavy atom. The van der Waals surface area contributed by atoms with Crippen molar-refractivity contribution in [2.75, 3.05) is 5.73 Å². The number of hydrogen-bond donors (Lipinski definition) is 3. The summed E-state index contributed by atoms with van der Waals surface area (Å²) in [6.45, 7) is 0. The number of aromatic amines is 2. The smallest absolute Gasteiger partial charge is 0.145 e. The highest BCUT2D eigenvalue weighted by molar-refractivity contribution is 5.84. The number of nitrogens with one attached hydrogen (secondary N) is 2. The van der Waals surface area contributed by atoms with E-state index in [1.54, 1.807) is 18.3 Å². The molecule has 2 heterocycles. The van der Waals surface area contributed by atoms with Crippen LogP contribution in [0, 0.1) is 5.82 Å². The van der Waals surface area contributed by atoms with Crippen molar-refractivity contribution in [3.05, 3.63) is 36.3 Å². The predicted octanol–water partition coefficient (Wildman–Crippen LogP) is 2.28. The molecular formula is C11H9FN4. The first-order valence-corrected chi connectivity index (χ1v) is 4.82. The molecule has 0 fully saturated rings. The molecule has 0 unspecified atom stereocenters. The highest BCUT2D eigenvalue weighted by atomic mass is 19.1. The van der Waals surface area contributed by atoms with E-state index in [9.17, 15) is 4.39 Å². The normalized spacial score (nSPS) is 11.1. The summed E-state index contributed by atoms with van der Waals surface area (Å²) in [7, 11) is 0. The molecule has 2 aromatic heterocycles. The fourth-order valence-electron chi connectivity index (χ4n) is 1.75. The van der Waals surface area contributed by atoms with Gasteiger partial charge in [-0.1, -0.05) is 0 Å². The fraction of sp³-hybridized carbons (Fsp3) is 0. The molecule has 0 bridgehead atoms. The minimum absolute atomic E-state index is 0.296. The molecule has 3 aromatic rings. The first-order valence-electron chi connectivity index (χ1n) is 4.82. The second-order valence-electron chi connectivity index (χ2n) is 3.60. The number of benzene rings is 1. The Kier molecular flexibility index (Phi) is 1.73. The zero-order valence-corrected chi connectivity index (χ0v) is 8.29. The highest BCUT2D eigenvalue weighted by Crippen LogP contribution is 2.26. The predicted molar refractivity (Wildman–Crippen MR) is 60.3 cm³/mol. The van der Waals surface area contributed by atoms with Gasteiger partial charge < -0.3 is 10.7 Å². The number of anilines is 1. The minimum Gasteiger partial charge on any atom is -0.382 e. The van der Waals surface area contributed by atoms with Crippen LogP contribution < -0.4 is 5.73 Å². The molecule has 3 rings (SSSR count). The van der Waals surface area contributed by atoms with Gasteiger partial charge in [0.25, 0.3) is 0 Å². The van der Waals surface area contributed by atoms with E-state index in [0.29, 0.717) is 17.1 Å². The van der Waals surface area contributed by atoms with E-state index in [0.717, 1.165) is 10.9 Å². The van der Waals surface area contributed by atoms with E-state index >= 15 is 0 Å². The lowest BCUT2D eigenvalue weighted by Crippen LogP contribution is -1.85. The van der Waals surface area contributed by atoms with E-state index in [-0.39, 0.29) is 5.82 Å². The van der Waals surface area contributed by atoms with Gasteiger partial charge in [0.2, 0.25) is 0 Å². The number of hydrogen-bond acceptors (Lipinski definition) is 2. The second-order valence-corrected chi connectivity index (χ2v) is 3.60. The molecule has 0 saturated heterocycles. The quantitative estimate of drug-likeness (QED) is 0.584. The lowest BCUT2D eigenvalue weighted by atomic mass is 10.1. The maximum absolute atomic E-state index is 13.8. The molecule has 0 spiro atoms. The molecule has 80 valence electrons. The van der Waals surface area contributed by atoms with Gasteiger partial charge in [0.05, 0.1) is 5.69 Å². The Bertz CT molecular complexity index is 653. The molecule has 1 aromatic carbocycles. The van der Waals surface area contributed by atoms with Gasteiger partial charge in [0.1, 0.15) is 11.6 Å². The molecule has 0 aliphatic heterocycles. The number of halogens is 1. The Morgan fingerprint density at radius 1 is 1.25 bits per heavy atom. The molecule has 0 atom stereocenters. The van der Waals surface area contributed by atoms with Gasteiger partial charge in [-0.3, -0.25) is 5.10 Å². The Balaban J connectivity index is 2.26. The zero-order valence-electron chi connectivity index (χ0n) is 8.29. The van der Waals surface area contributed by atoms with Crippen LogP contribution in [0.2, 0.25) is 0 Å². The summed E-state index contributed by atoms with van der Waals surface area (Å²) in [5.74, 6) is 0.0525. The van der Waals surface area contributed by atoms with Crippen LogP contribution in [0.25, 0.3) is 22.2 Å². The van der Waals surface area contributed by atoms with Gasteiger partial charge in [-0.25, -0.2) is 4.39 Å². The van der Waals surface area contributed by atoms with E-state index in [1.165, 1.54) is 6.07 Å². The summed E-state index contributed by atoms with van der Waals surface area (Å²) in [5.41, 5.74) is 7.40. The fourth-order valence-corrected chi connectivity index (χ4v) is 1.75. The van der Waals surface area contributed by atoms with Crippen LogP contribution in [0.1, 0.15) is 0 Å². The molecular weight excluding hydrogens is 207 g/mol. The van der Waals surface area contributed by atoms with E-state index in [1.807, 2.05) is 6.07 Å². The summed E-state index contributed by atoms with van der Waals surface area (Å²) >= 11 is 0. The van der Waals surface area contributed by atoms with Crippen molar-refractivity contribution < 1.29 is 4.39 Å².